The van der Waals surface area contributed by atoms with Crippen molar-refractivity contribution in [1.82, 2.24) is 9.78 Å². The first-order valence-corrected chi connectivity index (χ1v) is 11.9. The summed E-state index contributed by atoms with van der Waals surface area (Å²) in [6.07, 6.45) is 0.843. The van der Waals surface area contributed by atoms with Crippen LogP contribution in [-0.4, -0.2) is 62.9 Å². The molecule has 2 aromatic rings. The fourth-order valence-corrected chi connectivity index (χ4v) is 4.11. The van der Waals surface area contributed by atoms with Crippen LogP contribution < -0.4 is 9.47 Å². The van der Waals surface area contributed by atoms with E-state index in [9.17, 15) is 15.3 Å². The highest BCUT2D eigenvalue weighted by atomic mass is 16.7. The van der Waals surface area contributed by atoms with Gasteiger partial charge in [-0.3, -0.25) is 4.68 Å². The Balaban J connectivity index is 1.74. The van der Waals surface area contributed by atoms with Gasteiger partial charge in [0.15, 0.2) is 0 Å². The quantitative estimate of drug-likeness (QED) is 0.471. The average Bonchev–Trinajstić information content (AvgIpc) is 3.08. The molecular weight excluding hydrogens is 424 g/mol. The van der Waals surface area contributed by atoms with Gasteiger partial charge in [0, 0.05) is 36.6 Å². The molecule has 4 atom stereocenters. The minimum absolute atomic E-state index is 0.160. The highest BCUT2D eigenvalue weighted by Gasteiger charge is 2.31. The summed E-state index contributed by atoms with van der Waals surface area (Å²) < 4.78 is 19.5. The van der Waals surface area contributed by atoms with Crippen molar-refractivity contribution in [1.29, 1.82) is 0 Å². The molecule has 0 saturated carbocycles. The third-order valence-corrected chi connectivity index (χ3v) is 5.89. The van der Waals surface area contributed by atoms with E-state index in [1.807, 2.05) is 42.8 Å². The van der Waals surface area contributed by atoms with Crippen LogP contribution in [0.4, 0.5) is 0 Å². The number of benzene rings is 1. The highest BCUT2D eigenvalue weighted by molar-refractivity contribution is 5.38. The molecule has 0 radical (unpaired) electrons. The van der Waals surface area contributed by atoms with Crippen molar-refractivity contribution in [2.45, 2.75) is 90.4 Å². The van der Waals surface area contributed by atoms with Crippen molar-refractivity contribution in [3.63, 3.8) is 0 Å². The van der Waals surface area contributed by atoms with Crippen LogP contribution in [0.5, 0.6) is 11.6 Å². The minimum atomic E-state index is -0.662. The molecule has 0 bridgehead atoms. The molecule has 0 spiro atoms. The number of aromatic nitrogens is 2. The lowest BCUT2D eigenvalue weighted by molar-refractivity contribution is -0.186. The van der Waals surface area contributed by atoms with Gasteiger partial charge in [0.05, 0.1) is 24.9 Å². The lowest BCUT2D eigenvalue weighted by Crippen LogP contribution is -2.40. The molecule has 3 unspecified atom stereocenters. The third-order valence-electron chi connectivity index (χ3n) is 5.89. The topological polar surface area (TPSA) is 106 Å². The number of hydrogen-bond acceptors (Lipinski definition) is 7. The van der Waals surface area contributed by atoms with Gasteiger partial charge in [-0.1, -0.05) is 25.5 Å². The van der Waals surface area contributed by atoms with Crippen LogP contribution >= 0.6 is 0 Å². The predicted octanol–water partition coefficient (Wildman–Crippen LogP) is 3.14. The van der Waals surface area contributed by atoms with E-state index in [0.29, 0.717) is 25.1 Å². The molecule has 1 aliphatic heterocycles. The average molecular weight is 463 g/mol. The minimum Gasteiger partial charge on any atom is -0.491 e. The fraction of sp³-hybridized carbons (Fsp3) is 0.640. The second-order valence-electron chi connectivity index (χ2n) is 9.09. The highest BCUT2D eigenvalue weighted by Crippen LogP contribution is 2.30. The van der Waals surface area contributed by atoms with Crippen LogP contribution in [0.1, 0.15) is 69.3 Å². The van der Waals surface area contributed by atoms with Crippen molar-refractivity contribution >= 4 is 0 Å². The SMILES string of the molecule is CCC[C@H](O)COc1ccc(Cc2c(OC3CC(O)CC(CO)O3)nn(C(C)C)c2C)cc1. The van der Waals surface area contributed by atoms with E-state index in [0.717, 1.165) is 35.4 Å². The molecule has 0 aliphatic carbocycles. The van der Waals surface area contributed by atoms with Gasteiger partial charge in [-0.25, -0.2) is 0 Å². The first-order valence-electron chi connectivity index (χ1n) is 11.9. The molecular formula is C25H38N2O6. The van der Waals surface area contributed by atoms with Gasteiger partial charge in [0.25, 0.3) is 0 Å². The summed E-state index contributed by atoms with van der Waals surface area (Å²) >= 11 is 0. The second-order valence-corrected chi connectivity index (χ2v) is 9.09. The Bertz CT molecular complexity index is 867. The van der Waals surface area contributed by atoms with Crippen molar-refractivity contribution in [3.05, 3.63) is 41.1 Å². The fourth-order valence-electron chi connectivity index (χ4n) is 4.11. The van der Waals surface area contributed by atoms with Gasteiger partial charge in [-0.05, 0) is 44.9 Å². The molecule has 3 rings (SSSR count). The Morgan fingerprint density at radius 1 is 1.21 bits per heavy atom. The first kappa shape index (κ1) is 25.5. The smallest absolute Gasteiger partial charge is 0.238 e. The maximum Gasteiger partial charge on any atom is 0.238 e. The van der Waals surface area contributed by atoms with Crippen molar-refractivity contribution in [3.8, 4) is 11.6 Å². The van der Waals surface area contributed by atoms with E-state index >= 15 is 0 Å². The zero-order valence-electron chi connectivity index (χ0n) is 20.1. The Morgan fingerprint density at radius 3 is 2.58 bits per heavy atom. The van der Waals surface area contributed by atoms with Crippen LogP contribution in [0, 0.1) is 6.92 Å². The number of rotatable bonds is 11. The van der Waals surface area contributed by atoms with E-state index < -0.39 is 24.6 Å². The number of aliphatic hydroxyl groups is 3. The van der Waals surface area contributed by atoms with Gasteiger partial charge >= 0.3 is 0 Å². The van der Waals surface area contributed by atoms with E-state index in [4.69, 9.17) is 14.2 Å². The zero-order chi connectivity index (χ0) is 24.0. The van der Waals surface area contributed by atoms with Gasteiger partial charge in [0.2, 0.25) is 12.2 Å². The van der Waals surface area contributed by atoms with E-state index in [-0.39, 0.29) is 19.3 Å². The number of hydrogen-bond donors (Lipinski definition) is 3. The molecule has 1 aromatic heterocycles. The van der Waals surface area contributed by atoms with Crippen LogP contribution in [-0.2, 0) is 11.2 Å². The number of ether oxygens (including phenoxy) is 3. The summed E-state index contributed by atoms with van der Waals surface area (Å²) in [5.41, 5.74) is 3.04. The van der Waals surface area contributed by atoms with Crippen molar-refractivity contribution in [2.75, 3.05) is 13.2 Å². The van der Waals surface area contributed by atoms with Gasteiger partial charge in [-0.2, -0.15) is 0 Å². The summed E-state index contributed by atoms with van der Waals surface area (Å²) in [6.45, 7) is 8.31. The second kappa shape index (κ2) is 11.8. The first-order chi connectivity index (χ1) is 15.8. The maximum absolute atomic E-state index is 10.1. The standard InChI is InChI=1S/C25H38N2O6/c1-5-6-19(29)15-31-21-9-7-18(8-10-21)11-23-17(4)27(16(2)3)26-25(23)33-24-13-20(30)12-22(14-28)32-24/h7-10,16,19-20,22,24,28-30H,5-6,11-15H2,1-4H3/t19-,20?,22?,24?/m0/s1. The van der Waals surface area contributed by atoms with Gasteiger partial charge < -0.3 is 29.5 Å². The summed E-state index contributed by atoms with van der Waals surface area (Å²) in [5.74, 6) is 1.21. The van der Waals surface area contributed by atoms with Crippen molar-refractivity contribution in [2.24, 2.45) is 0 Å². The Hall–Kier alpha value is -2.13. The summed E-state index contributed by atoms with van der Waals surface area (Å²) in [4.78, 5) is 0. The summed E-state index contributed by atoms with van der Waals surface area (Å²) in [6, 6.07) is 7.97. The molecule has 0 amide bonds. The molecule has 1 aromatic carbocycles. The van der Waals surface area contributed by atoms with Crippen LogP contribution in [0.25, 0.3) is 0 Å². The normalized spacial score (nSPS) is 21.9. The third kappa shape index (κ3) is 6.93. The van der Waals surface area contributed by atoms with Gasteiger partial charge in [0.1, 0.15) is 12.4 Å². The molecule has 2 heterocycles. The molecule has 8 heteroatoms. The van der Waals surface area contributed by atoms with E-state index in [1.54, 1.807) is 0 Å². The van der Waals surface area contributed by atoms with Crippen LogP contribution in [0.2, 0.25) is 0 Å². The summed E-state index contributed by atoms with van der Waals surface area (Å²) in [5, 5.41) is 34.1. The Morgan fingerprint density at radius 2 is 1.94 bits per heavy atom. The van der Waals surface area contributed by atoms with Crippen LogP contribution in [0.15, 0.2) is 24.3 Å². The number of aliphatic hydroxyl groups excluding tert-OH is 3. The molecule has 1 aliphatic rings. The molecule has 1 saturated heterocycles. The molecule has 3 N–H and O–H groups in total. The predicted molar refractivity (Wildman–Crippen MR) is 125 cm³/mol. The summed E-state index contributed by atoms with van der Waals surface area (Å²) in [7, 11) is 0. The van der Waals surface area contributed by atoms with Crippen molar-refractivity contribution < 1.29 is 29.5 Å². The van der Waals surface area contributed by atoms with Crippen LogP contribution in [0.3, 0.4) is 0 Å². The zero-order valence-corrected chi connectivity index (χ0v) is 20.1. The molecule has 33 heavy (non-hydrogen) atoms. The van der Waals surface area contributed by atoms with E-state index in [1.165, 1.54) is 0 Å². The number of nitrogens with zero attached hydrogens (tertiary/aromatic N) is 2. The Kier molecular flexibility index (Phi) is 9.14. The molecule has 184 valence electrons. The molecule has 1 fully saturated rings. The lowest BCUT2D eigenvalue weighted by Gasteiger charge is -2.31. The lowest BCUT2D eigenvalue weighted by atomic mass is 10.0. The monoisotopic (exact) mass is 462 g/mol. The largest absolute Gasteiger partial charge is 0.491 e. The molecule has 8 nitrogen and oxygen atoms in total. The van der Waals surface area contributed by atoms with E-state index in [2.05, 4.69) is 18.9 Å². The van der Waals surface area contributed by atoms with Gasteiger partial charge in [-0.15, -0.1) is 5.10 Å². The maximum atomic E-state index is 10.1. The Labute approximate surface area is 196 Å².